The number of hydrogen-bond acceptors (Lipinski definition) is 8. The number of benzene rings is 1. The summed E-state index contributed by atoms with van der Waals surface area (Å²) in [6, 6.07) is 5.57. The highest BCUT2D eigenvalue weighted by Crippen LogP contribution is 2.40. The number of β-lactam (4-membered cyclic amide) rings is 1. The summed E-state index contributed by atoms with van der Waals surface area (Å²) in [6.07, 6.45) is 0.217. The highest BCUT2D eigenvalue weighted by molar-refractivity contribution is 8.00. The third-order valence-electron chi connectivity index (χ3n) is 7.05. The Kier molecular flexibility index (Phi) is 9.24. The van der Waals surface area contributed by atoms with Gasteiger partial charge in [-0.3, -0.25) is 28.9 Å². The lowest BCUT2D eigenvalue weighted by atomic mass is 10.0. The topological polar surface area (TPSA) is 194 Å². The highest BCUT2D eigenvalue weighted by atomic mass is 32.2. The predicted octanol–water partition coefficient (Wildman–Crippen LogP) is 0.465. The van der Waals surface area contributed by atoms with Crippen LogP contribution in [0.4, 0.5) is 0 Å². The van der Waals surface area contributed by atoms with Gasteiger partial charge in [0.2, 0.25) is 11.8 Å². The van der Waals surface area contributed by atoms with Crippen LogP contribution in [0.15, 0.2) is 52.9 Å². The fourth-order valence-electron chi connectivity index (χ4n) is 5.02. The lowest BCUT2D eigenvalue weighted by molar-refractivity contribution is -0.151. The Balaban J connectivity index is 1.37. The molecule has 4 atom stereocenters. The molecule has 3 aliphatic heterocycles. The highest BCUT2D eigenvalue weighted by Gasteiger charge is 2.54. The van der Waals surface area contributed by atoms with Crippen LogP contribution in [0.5, 0.6) is 0 Å². The lowest BCUT2D eigenvalue weighted by Crippen LogP contribution is -2.71. The Bertz CT molecular complexity index is 1380. The second-order valence-electron chi connectivity index (χ2n) is 10.7. The molecule has 0 bridgehead atoms. The van der Waals surface area contributed by atoms with Crippen LogP contribution in [-0.2, 0) is 28.8 Å². The quantitative estimate of drug-likeness (QED) is 0.155. The minimum atomic E-state index is -1.21. The largest absolute Gasteiger partial charge is 0.509 e. The summed E-state index contributed by atoms with van der Waals surface area (Å²) < 4.78 is 0. The zero-order valence-electron chi connectivity index (χ0n) is 23.3. The molecule has 1 saturated heterocycles. The molecular weight excluding hydrogens is 566 g/mol. The molecule has 224 valence electrons. The van der Waals surface area contributed by atoms with Gasteiger partial charge in [0.05, 0.1) is 6.04 Å². The van der Waals surface area contributed by atoms with Crippen molar-refractivity contribution in [3.8, 4) is 0 Å². The average molecular weight is 600 g/mol. The number of carbonyl (C=O) groups excluding carboxylic acids is 5. The number of aliphatic hydroxyl groups excluding tert-OH is 1. The van der Waals surface area contributed by atoms with Crippen molar-refractivity contribution < 1.29 is 39.0 Å². The molecular formula is C28H33N5O8S. The van der Waals surface area contributed by atoms with Crippen molar-refractivity contribution in [2.24, 2.45) is 5.92 Å². The standard InChI is InChI=1S/C28H33N5O8S/c1-13(2)11-16-22(35)18(24(37)30-16)23(36)29-10-9-17(34)31-19(15-7-5-4-6-8-15)25(38)32-20-26(39)33-21(28(40)41)14(3)12-42-27(20)33/h4-8,13,16,19-20,27,35H,9-12H2,1-3H3,(H,29,36)(H,30,37)(H,31,34)(H,32,38)(H,40,41)/t16?,19-,20-,27-/m1/s1. The molecule has 0 radical (unpaired) electrons. The van der Waals surface area contributed by atoms with Gasteiger partial charge in [-0.25, -0.2) is 4.79 Å². The summed E-state index contributed by atoms with van der Waals surface area (Å²) in [5.41, 5.74) is 0.527. The number of carbonyl (C=O) groups is 6. The maximum atomic E-state index is 13.3. The molecule has 5 amide bonds. The van der Waals surface area contributed by atoms with E-state index in [-0.39, 0.29) is 30.3 Å². The minimum Gasteiger partial charge on any atom is -0.509 e. The van der Waals surface area contributed by atoms with E-state index in [2.05, 4.69) is 21.3 Å². The number of rotatable bonds is 11. The van der Waals surface area contributed by atoms with Crippen molar-refractivity contribution in [3.05, 3.63) is 58.5 Å². The summed E-state index contributed by atoms with van der Waals surface area (Å²) in [5.74, 6) is -4.30. The predicted molar refractivity (Wildman–Crippen MR) is 151 cm³/mol. The summed E-state index contributed by atoms with van der Waals surface area (Å²) in [6.45, 7) is 5.30. The molecule has 1 unspecified atom stereocenters. The molecule has 0 saturated carbocycles. The second kappa shape index (κ2) is 12.7. The first kappa shape index (κ1) is 30.6. The van der Waals surface area contributed by atoms with E-state index < -0.39 is 64.6 Å². The monoisotopic (exact) mass is 599 g/mol. The van der Waals surface area contributed by atoms with Gasteiger partial charge in [0, 0.05) is 18.7 Å². The third-order valence-corrected chi connectivity index (χ3v) is 8.47. The number of aliphatic carboxylic acids is 1. The van der Waals surface area contributed by atoms with Crippen molar-refractivity contribution in [1.29, 1.82) is 0 Å². The van der Waals surface area contributed by atoms with Gasteiger partial charge in [-0.15, -0.1) is 11.8 Å². The molecule has 42 heavy (non-hydrogen) atoms. The molecule has 13 nitrogen and oxygen atoms in total. The van der Waals surface area contributed by atoms with Crippen molar-refractivity contribution >= 4 is 47.3 Å². The number of hydrogen-bond donors (Lipinski definition) is 6. The van der Waals surface area contributed by atoms with E-state index in [9.17, 15) is 39.0 Å². The molecule has 0 spiro atoms. The maximum absolute atomic E-state index is 13.3. The Morgan fingerprint density at radius 3 is 2.48 bits per heavy atom. The van der Waals surface area contributed by atoms with E-state index in [1.807, 2.05) is 13.8 Å². The van der Waals surface area contributed by atoms with Crippen molar-refractivity contribution in [3.63, 3.8) is 0 Å². The van der Waals surface area contributed by atoms with Gasteiger partial charge in [0.1, 0.15) is 34.5 Å². The molecule has 0 aromatic heterocycles. The van der Waals surface area contributed by atoms with Gasteiger partial charge < -0.3 is 31.5 Å². The zero-order valence-corrected chi connectivity index (χ0v) is 24.1. The van der Waals surface area contributed by atoms with Crippen LogP contribution in [-0.4, -0.2) is 80.4 Å². The van der Waals surface area contributed by atoms with Gasteiger partial charge in [0.15, 0.2) is 0 Å². The summed E-state index contributed by atoms with van der Waals surface area (Å²) in [5, 5.41) is 29.6. The fourth-order valence-corrected chi connectivity index (χ4v) is 6.31. The molecule has 1 fully saturated rings. The molecule has 1 aromatic carbocycles. The molecule has 6 N–H and O–H groups in total. The number of carboxylic acids is 1. The van der Waals surface area contributed by atoms with Crippen LogP contribution in [0.3, 0.4) is 0 Å². The van der Waals surface area contributed by atoms with E-state index >= 15 is 0 Å². The van der Waals surface area contributed by atoms with E-state index in [0.29, 0.717) is 23.3 Å². The van der Waals surface area contributed by atoms with E-state index in [4.69, 9.17) is 0 Å². The molecule has 0 aliphatic carbocycles. The molecule has 1 aromatic rings. The van der Waals surface area contributed by atoms with Gasteiger partial charge in [0.25, 0.3) is 17.7 Å². The number of nitrogens with zero attached hydrogens (tertiary/aromatic N) is 1. The van der Waals surface area contributed by atoms with Crippen molar-refractivity contribution in [2.75, 3.05) is 12.3 Å². The van der Waals surface area contributed by atoms with Crippen LogP contribution in [0.1, 0.15) is 45.2 Å². The number of carboxylic acid groups (broad SMARTS) is 1. The number of thioether (sulfide) groups is 1. The van der Waals surface area contributed by atoms with Gasteiger partial charge in [-0.2, -0.15) is 0 Å². The van der Waals surface area contributed by atoms with E-state index in [1.165, 1.54) is 16.7 Å². The van der Waals surface area contributed by atoms with Crippen LogP contribution in [0, 0.1) is 5.92 Å². The average Bonchev–Trinajstić information content (AvgIpc) is 3.21. The second-order valence-corrected chi connectivity index (χ2v) is 11.8. The van der Waals surface area contributed by atoms with Crippen LogP contribution >= 0.6 is 11.8 Å². The SMILES string of the molecule is CC1=C(C(=O)O)N2C(=O)[C@@H](NC(=O)[C@H](NC(=O)CCNC(=O)C3=C(O)C(CC(C)C)NC3=O)c3ccccc3)[C@H]2SC1. The Morgan fingerprint density at radius 1 is 1.14 bits per heavy atom. The molecule has 14 heteroatoms. The normalized spacial score (nSPS) is 22.3. The first-order chi connectivity index (χ1) is 19.9. The Hall–Kier alpha value is -4.33. The van der Waals surface area contributed by atoms with E-state index in [1.54, 1.807) is 37.3 Å². The molecule has 3 heterocycles. The summed E-state index contributed by atoms with van der Waals surface area (Å²) in [7, 11) is 0. The fraction of sp³-hybridized carbons (Fsp3) is 0.429. The summed E-state index contributed by atoms with van der Waals surface area (Å²) >= 11 is 1.34. The van der Waals surface area contributed by atoms with Gasteiger partial charge in [-0.05, 0) is 30.4 Å². The first-order valence-corrected chi connectivity index (χ1v) is 14.5. The number of nitrogens with one attached hydrogen (secondary N) is 4. The smallest absolute Gasteiger partial charge is 0.352 e. The number of fused-ring (bicyclic) bond motifs is 1. The molecule has 3 aliphatic rings. The Labute approximate surface area is 246 Å². The third kappa shape index (κ3) is 6.27. The van der Waals surface area contributed by atoms with Gasteiger partial charge >= 0.3 is 5.97 Å². The number of aliphatic hydroxyl groups is 1. The van der Waals surface area contributed by atoms with Crippen molar-refractivity contribution in [1.82, 2.24) is 26.2 Å². The maximum Gasteiger partial charge on any atom is 0.352 e. The minimum absolute atomic E-state index is 0.0844. The van der Waals surface area contributed by atoms with Crippen LogP contribution in [0.2, 0.25) is 0 Å². The molecule has 4 rings (SSSR count). The van der Waals surface area contributed by atoms with Crippen LogP contribution in [0.25, 0.3) is 0 Å². The first-order valence-electron chi connectivity index (χ1n) is 13.4. The van der Waals surface area contributed by atoms with Crippen molar-refractivity contribution in [2.45, 2.75) is 57.1 Å². The zero-order chi connectivity index (χ0) is 30.7. The lowest BCUT2D eigenvalue weighted by Gasteiger charge is -2.49. The summed E-state index contributed by atoms with van der Waals surface area (Å²) in [4.78, 5) is 76.6. The number of amides is 5. The Morgan fingerprint density at radius 2 is 1.83 bits per heavy atom. The van der Waals surface area contributed by atoms with Crippen LogP contribution < -0.4 is 21.3 Å². The van der Waals surface area contributed by atoms with E-state index in [0.717, 1.165) is 0 Å². The van der Waals surface area contributed by atoms with Gasteiger partial charge in [-0.1, -0.05) is 44.2 Å².